The van der Waals surface area contributed by atoms with Crippen LogP contribution < -0.4 is 0 Å². The van der Waals surface area contributed by atoms with Crippen LogP contribution >= 0.6 is 23.2 Å². The van der Waals surface area contributed by atoms with E-state index in [9.17, 15) is 13.2 Å². The number of Topliss-reactive ketones (excluding diaryl/α,β-unsaturated/α-hetero) is 1. The molecule has 0 amide bonds. The van der Waals surface area contributed by atoms with Gasteiger partial charge in [-0.05, 0) is 30.3 Å². The number of carbonyl (C=O) groups excluding carboxylic acids is 1. The molecular formula is C17H15Cl2NO3S. The highest BCUT2D eigenvalue weighted by molar-refractivity contribution is 7.96. The van der Waals surface area contributed by atoms with E-state index in [1.165, 1.54) is 41.4 Å². The molecule has 0 aliphatic heterocycles. The van der Waals surface area contributed by atoms with E-state index in [-0.39, 0.29) is 25.4 Å². The van der Waals surface area contributed by atoms with Crippen molar-refractivity contribution in [1.82, 2.24) is 4.90 Å². The quantitative estimate of drug-likeness (QED) is 0.577. The summed E-state index contributed by atoms with van der Waals surface area (Å²) in [7, 11) is -0.690. The fourth-order valence-electron chi connectivity index (χ4n) is 1.99. The Kier molecular flexibility index (Phi) is 5.70. The van der Waals surface area contributed by atoms with E-state index in [0.29, 0.717) is 0 Å². The maximum absolute atomic E-state index is 12.9. The molecule has 0 bridgehead atoms. The van der Waals surface area contributed by atoms with Crippen molar-refractivity contribution >= 4 is 38.8 Å². The lowest BCUT2D eigenvalue weighted by Gasteiger charge is -2.13. The van der Waals surface area contributed by atoms with Crippen molar-refractivity contribution in [3.63, 3.8) is 0 Å². The van der Waals surface area contributed by atoms with Crippen LogP contribution in [-0.2, 0) is 9.84 Å². The Bertz CT molecular complexity index is 891. The van der Waals surface area contributed by atoms with Gasteiger partial charge in [0, 0.05) is 25.9 Å². The zero-order valence-corrected chi connectivity index (χ0v) is 15.4. The standard InChI is InChI=1S/C17H15Cl2NO3S/c1-20(2)11-16(24(22,23)13-6-4-3-5-7-13)17(21)12-8-9-14(18)15(19)10-12/h3-11H,1-2H3. The summed E-state index contributed by atoms with van der Waals surface area (Å²) in [4.78, 5) is 14.0. The predicted molar refractivity (Wildman–Crippen MR) is 96.2 cm³/mol. The highest BCUT2D eigenvalue weighted by Gasteiger charge is 2.28. The minimum absolute atomic E-state index is 0.0477. The molecule has 0 saturated heterocycles. The number of sulfone groups is 1. The summed E-state index contributed by atoms with van der Waals surface area (Å²) < 4.78 is 25.7. The van der Waals surface area contributed by atoms with Crippen LogP contribution in [-0.4, -0.2) is 33.2 Å². The van der Waals surface area contributed by atoms with E-state index >= 15 is 0 Å². The second kappa shape index (κ2) is 7.38. The number of halogens is 2. The first kappa shape index (κ1) is 18.5. The topological polar surface area (TPSA) is 54.5 Å². The number of carbonyl (C=O) groups is 1. The maximum atomic E-state index is 12.9. The smallest absolute Gasteiger partial charge is 0.211 e. The van der Waals surface area contributed by atoms with Crippen molar-refractivity contribution in [2.24, 2.45) is 0 Å². The number of nitrogens with zero attached hydrogens (tertiary/aromatic N) is 1. The normalized spacial score (nSPS) is 12.1. The van der Waals surface area contributed by atoms with Crippen LogP contribution in [0.2, 0.25) is 10.0 Å². The summed E-state index contributed by atoms with van der Waals surface area (Å²) in [6.07, 6.45) is 1.28. The van der Waals surface area contributed by atoms with Crippen molar-refractivity contribution in [3.8, 4) is 0 Å². The zero-order valence-electron chi connectivity index (χ0n) is 13.0. The lowest BCUT2D eigenvalue weighted by Crippen LogP contribution is -2.18. The molecule has 7 heteroatoms. The zero-order chi connectivity index (χ0) is 17.9. The lowest BCUT2D eigenvalue weighted by molar-refractivity contribution is 0.104. The van der Waals surface area contributed by atoms with Crippen molar-refractivity contribution < 1.29 is 13.2 Å². The van der Waals surface area contributed by atoms with E-state index in [1.54, 1.807) is 32.3 Å². The second-order valence-corrected chi connectivity index (χ2v) is 7.96. The molecule has 0 radical (unpaired) electrons. The van der Waals surface area contributed by atoms with Gasteiger partial charge in [-0.2, -0.15) is 0 Å². The van der Waals surface area contributed by atoms with Gasteiger partial charge in [0.05, 0.1) is 14.9 Å². The van der Waals surface area contributed by atoms with Crippen LogP contribution in [0, 0.1) is 0 Å². The molecule has 2 aromatic rings. The summed E-state index contributed by atoms with van der Waals surface area (Å²) in [6.45, 7) is 0. The maximum Gasteiger partial charge on any atom is 0.211 e. The molecule has 0 N–H and O–H groups in total. The fourth-order valence-corrected chi connectivity index (χ4v) is 3.77. The van der Waals surface area contributed by atoms with Crippen molar-refractivity contribution in [2.45, 2.75) is 4.90 Å². The van der Waals surface area contributed by atoms with Gasteiger partial charge < -0.3 is 4.90 Å². The van der Waals surface area contributed by atoms with Crippen LogP contribution in [0.25, 0.3) is 0 Å². The van der Waals surface area contributed by atoms with E-state index in [2.05, 4.69) is 0 Å². The van der Waals surface area contributed by atoms with Gasteiger partial charge in [0.25, 0.3) is 0 Å². The Labute approximate surface area is 151 Å². The molecule has 2 rings (SSSR count). The van der Waals surface area contributed by atoms with Gasteiger partial charge in [-0.3, -0.25) is 4.79 Å². The molecule has 2 aromatic carbocycles. The molecule has 0 aliphatic rings. The van der Waals surface area contributed by atoms with Crippen LogP contribution in [0.5, 0.6) is 0 Å². The minimum Gasteiger partial charge on any atom is -0.382 e. The number of ketones is 1. The monoisotopic (exact) mass is 383 g/mol. The van der Waals surface area contributed by atoms with Gasteiger partial charge in [0.2, 0.25) is 15.6 Å². The lowest BCUT2D eigenvalue weighted by atomic mass is 10.1. The summed E-state index contributed by atoms with van der Waals surface area (Å²) in [5, 5.41) is 0.473. The summed E-state index contributed by atoms with van der Waals surface area (Å²) in [6, 6.07) is 12.1. The number of benzene rings is 2. The van der Waals surface area contributed by atoms with Gasteiger partial charge in [-0.25, -0.2) is 8.42 Å². The molecule has 0 atom stereocenters. The summed E-state index contributed by atoms with van der Waals surface area (Å²) in [5.41, 5.74) is 0.150. The first-order valence-corrected chi connectivity index (χ1v) is 9.15. The Morgan fingerprint density at radius 3 is 2.17 bits per heavy atom. The molecule has 0 spiro atoms. The summed E-state index contributed by atoms with van der Waals surface area (Å²) in [5.74, 6) is -0.647. The average molecular weight is 384 g/mol. The number of allylic oxidation sites excluding steroid dienone is 1. The van der Waals surface area contributed by atoms with Crippen molar-refractivity contribution in [1.29, 1.82) is 0 Å². The third-order valence-corrected chi connectivity index (χ3v) is 5.63. The van der Waals surface area contributed by atoms with E-state index in [1.807, 2.05) is 0 Å². The number of rotatable bonds is 5. The first-order valence-electron chi connectivity index (χ1n) is 6.91. The molecule has 0 unspecified atom stereocenters. The fraction of sp³-hybridized carbons (Fsp3) is 0.118. The first-order chi connectivity index (χ1) is 11.2. The third-order valence-electron chi connectivity index (χ3n) is 3.12. The van der Waals surface area contributed by atoms with Crippen LogP contribution in [0.3, 0.4) is 0 Å². The molecule has 4 nitrogen and oxygen atoms in total. The predicted octanol–water partition coefficient (Wildman–Crippen LogP) is 4.05. The second-order valence-electron chi connectivity index (χ2n) is 5.23. The van der Waals surface area contributed by atoms with Gasteiger partial charge in [0.15, 0.2) is 0 Å². The SMILES string of the molecule is CN(C)C=C(C(=O)c1ccc(Cl)c(Cl)c1)S(=O)(=O)c1ccccc1. The molecule has 0 aliphatic carbocycles. The molecular weight excluding hydrogens is 369 g/mol. The highest BCUT2D eigenvalue weighted by atomic mass is 35.5. The van der Waals surface area contributed by atoms with Crippen molar-refractivity contribution in [2.75, 3.05) is 14.1 Å². The molecule has 126 valence electrons. The summed E-state index contributed by atoms with van der Waals surface area (Å²) >= 11 is 11.8. The van der Waals surface area contributed by atoms with Crippen LogP contribution in [0.4, 0.5) is 0 Å². The Balaban J connectivity index is 2.58. The van der Waals surface area contributed by atoms with Gasteiger partial charge in [-0.15, -0.1) is 0 Å². The Morgan fingerprint density at radius 1 is 1.00 bits per heavy atom. The molecule has 0 aromatic heterocycles. The third kappa shape index (κ3) is 3.98. The van der Waals surface area contributed by atoms with Crippen LogP contribution in [0.1, 0.15) is 10.4 Å². The molecule has 24 heavy (non-hydrogen) atoms. The Hall–Kier alpha value is -1.82. The van der Waals surface area contributed by atoms with E-state index < -0.39 is 15.6 Å². The van der Waals surface area contributed by atoms with Crippen molar-refractivity contribution in [3.05, 3.63) is 75.2 Å². The highest BCUT2D eigenvalue weighted by Crippen LogP contribution is 2.27. The minimum atomic E-state index is -3.97. The average Bonchev–Trinajstić information content (AvgIpc) is 2.55. The molecule has 0 saturated carbocycles. The van der Waals surface area contributed by atoms with Gasteiger partial charge in [-0.1, -0.05) is 41.4 Å². The molecule has 0 fully saturated rings. The Morgan fingerprint density at radius 2 is 1.62 bits per heavy atom. The molecule has 0 heterocycles. The van der Waals surface area contributed by atoms with Gasteiger partial charge in [0.1, 0.15) is 4.91 Å². The van der Waals surface area contributed by atoms with Gasteiger partial charge >= 0.3 is 0 Å². The number of hydrogen-bond donors (Lipinski definition) is 0. The largest absolute Gasteiger partial charge is 0.382 e. The van der Waals surface area contributed by atoms with Crippen LogP contribution in [0.15, 0.2) is 64.5 Å². The number of hydrogen-bond acceptors (Lipinski definition) is 4. The van der Waals surface area contributed by atoms with E-state index in [4.69, 9.17) is 23.2 Å². The van der Waals surface area contributed by atoms with E-state index in [0.717, 1.165) is 0 Å².